The van der Waals surface area contributed by atoms with Crippen molar-refractivity contribution in [3.63, 3.8) is 0 Å². The number of carbonyl (C=O) groups is 3. The summed E-state index contributed by atoms with van der Waals surface area (Å²) in [5, 5.41) is 3.57. The molecule has 1 saturated carbocycles. The maximum absolute atomic E-state index is 15.3. The van der Waals surface area contributed by atoms with Crippen molar-refractivity contribution in [3.8, 4) is 11.1 Å². The SMILES string of the molecule is CCCS(=O)(=O)C(C(=O)NCC(=O)NC1CC1)c1nc2cc(-c3ccc(CC(=O)OCc4ccccc4)cc3)c(F)cc2s1. The molecule has 1 aromatic heterocycles. The molecule has 3 aromatic carbocycles. The molecule has 230 valence electrons. The minimum atomic E-state index is -3.97. The van der Waals surface area contributed by atoms with Gasteiger partial charge in [-0.25, -0.2) is 17.8 Å². The van der Waals surface area contributed by atoms with Gasteiger partial charge in [0, 0.05) is 11.6 Å². The molecule has 0 spiro atoms. The summed E-state index contributed by atoms with van der Waals surface area (Å²) in [6, 6.07) is 19.0. The maximum Gasteiger partial charge on any atom is 0.310 e. The van der Waals surface area contributed by atoms with E-state index in [9.17, 15) is 22.8 Å². The number of carbonyl (C=O) groups excluding carboxylic acids is 3. The van der Waals surface area contributed by atoms with Crippen LogP contribution >= 0.6 is 11.3 Å². The number of nitrogens with one attached hydrogen (secondary N) is 2. The van der Waals surface area contributed by atoms with Gasteiger partial charge >= 0.3 is 5.97 Å². The number of halogens is 1. The average molecular weight is 638 g/mol. The van der Waals surface area contributed by atoms with Crippen molar-refractivity contribution >= 4 is 49.2 Å². The Morgan fingerprint density at radius 2 is 1.77 bits per heavy atom. The second-order valence-corrected chi connectivity index (χ2v) is 13.9. The van der Waals surface area contributed by atoms with Crippen molar-refractivity contribution in [2.45, 2.75) is 50.5 Å². The molecule has 1 fully saturated rings. The van der Waals surface area contributed by atoms with Crippen LogP contribution in [0.25, 0.3) is 21.3 Å². The molecule has 2 amide bonds. The predicted octanol–water partition coefficient (Wildman–Crippen LogP) is 4.65. The summed E-state index contributed by atoms with van der Waals surface area (Å²) >= 11 is 0.929. The topological polar surface area (TPSA) is 132 Å². The van der Waals surface area contributed by atoms with Gasteiger partial charge in [0.05, 0.1) is 28.9 Å². The first-order chi connectivity index (χ1) is 21.1. The number of sulfone groups is 1. The molecular weight excluding hydrogens is 605 g/mol. The molecule has 9 nitrogen and oxygen atoms in total. The van der Waals surface area contributed by atoms with Crippen LogP contribution in [0.5, 0.6) is 0 Å². The highest BCUT2D eigenvalue weighted by atomic mass is 32.2. The number of hydrogen-bond donors (Lipinski definition) is 2. The number of esters is 1. The summed E-state index contributed by atoms with van der Waals surface area (Å²) in [6.45, 7) is 1.52. The molecule has 1 atom stereocenters. The fraction of sp³-hybridized carbons (Fsp3) is 0.312. The van der Waals surface area contributed by atoms with Crippen molar-refractivity contribution in [1.82, 2.24) is 15.6 Å². The Morgan fingerprint density at radius 3 is 2.45 bits per heavy atom. The smallest absolute Gasteiger partial charge is 0.310 e. The number of rotatable bonds is 13. The van der Waals surface area contributed by atoms with E-state index in [1.165, 1.54) is 12.1 Å². The summed E-state index contributed by atoms with van der Waals surface area (Å²) in [7, 11) is -3.97. The molecule has 1 heterocycles. The molecule has 0 radical (unpaired) electrons. The molecule has 1 aliphatic rings. The van der Waals surface area contributed by atoms with Crippen LogP contribution in [0.1, 0.15) is 47.6 Å². The number of nitrogens with zero attached hydrogens (tertiary/aromatic N) is 1. The first-order valence-corrected chi connectivity index (χ1v) is 16.8. The fourth-order valence-electron chi connectivity index (χ4n) is 4.66. The molecule has 44 heavy (non-hydrogen) atoms. The zero-order valence-corrected chi connectivity index (χ0v) is 25.7. The summed E-state index contributed by atoms with van der Waals surface area (Å²) in [4.78, 5) is 41.9. The second kappa shape index (κ2) is 13.6. The molecular formula is C32H32FN3O6S2. The third-order valence-electron chi connectivity index (χ3n) is 7.03. The fourth-order valence-corrected chi connectivity index (χ4v) is 7.77. The molecule has 1 aliphatic carbocycles. The molecule has 0 aliphatic heterocycles. The Kier molecular flexibility index (Phi) is 9.70. The molecule has 4 aromatic rings. The van der Waals surface area contributed by atoms with Crippen LogP contribution in [-0.4, -0.2) is 49.5 Å². The van der Waals surface area contributed by atoms with E-state index in [2.05, 4.69) is 15.6 Å². The largest absolute Gasteiger partial charge is 0.461 e. The monoisotopic (exact) mass is 637 g/mol. The maximum atomic E-state index is 15.3. The number of ether oxygens (including phenoxy) is 1. The Labute approximate surface area is 258 Å². The van der Waals surface area contributed by atoms with E-state index >= 15 is 4.39 Å². The third-order valence-corrected chi connectivity index (χ3v) is 10.4. The summed E-state index contributed by atoms with van der Waals surface area (Å²) < 4.78 is 47.3. The van der Waals surface area contributed by atoms with Crippen LogP contribution in [0.3, 0.4) is 0 Å². The first-order valence-electron chi connectivity index (χ1n) is 14.3. The lowest BCUT2D eigenvalue weighted by Crippen LogP contribution is -2.41. The van der Waals surface area contributed by atoms with Gasteiger partial charge in [-0.1, -0.05) is 61.5 Å². The number of benzene rings is 3. The van der Waals surface area contributed by atoms with Crippen LogP contribution in [-0.2, 0) is 42.0 Å². The van der Waals surface area contributed by atoms with Crippen LogP contribution in [0.4, 0.5) is 4.39 Å². The molecule has 2 N–H and O–H groups in total. The number of hydrogen-bond acceptors (Lipinski definition) is 8. The molecule has 12 heteroatoms. The third kappa shape index (κ3) is 7.86. The Morgan fingerprint density at radius 1 is 1.05 bits per heavy atom. The van der Waals surface area contributed by atoms with Crippen LogP contribution in [0.2, 0.25) is 0 Å². The Hall–Kier alpha value is -4.16. The van der Waals surface area contributed by atoms with E-state index in [4.69, 9.17) is 4.74 Å². The Balaban J connectivity index is 1.32. The molecule has 0 saturated heterocycles. The Bertz CT molecular complexity index is 1770. The van der Waals surface area contributed by atoms with E-state index in [1.807, 2.05) is 30.3 Å². The number of fused-ring (bicyclic) bond motifs is 1. The van der Waals surface area contributed by atoms with E-state index in [1.54, 1.807) is 31.2 Å². The number of amides is 2. The van der Waals surface area contributed by atoms with E-state index in [0.29, 0.717) is 27.8 Å². The lowest BCUT2D eigenvalue weighted by atomic mass is 10.0. The zero-order valence-electron chi connectivity index (χ0n) is 24.0. The first kappa shape index (κ1) is 31.3. The molecule has 5 rings (SSSR count). The van der Waals surface area contributed by atoms with Gasteiger partial charge < -0.3 is 15.4 Å². The van der Waals surface area contributed by atoms with Gasteiger partial charge in [-0.3, -0.25) is 14.4 Å². The standard InChI is InChI=1S/C32H32FN3O6S2/c1-2-14-44(40,41)30(31(39)34-18-28(37)35-23-12-13-23)32-36-26-16-24(25(33)17-27(26)43-32)22-10-8-20(9-11-22)15-29(38)42-19-21-6-4-3-5-7-21/h3-11,16-17,23,30H,2,12-15,18-19H2,1H3,(H,34,39)(H,35,37). The number of thiazole rings is 1. The van der Waals surface area contributed by atoms with Gasteiger partial charge in [0.25, 0.3) is 0 Å². The lowest BCUT2D eigenvalue weighted by Gasteiger charge is -2.15. The number of aromatic nitrogens is 1. The van der Waals surface area contributed by atoms with E-state index in [-0.39, 0.29) is 47.9 Å². The van der Waals surface area contributed by atoms with Gasteiger partial charge in [-0.15, -0.1) is 11.3 Å². The van der Waals surface area contributed by atoms with Crippen molar-refractivity contribution in [2.75, 3.05) is 12.3 Å². The zero-order chi connectivity index (χ0) is 31.3. The van der Waals surface area contributed by atoms with Gasteiger partial charge in [-0.2, -0.15) is 0 Å². The second-order valence-electron chi connectivity index (χ2n) is 10.7. The minimum Gasteiger partial charge on any atom is -0.461 e. The lowest BCUT2D eigenvalue weighted by molar-refractivity contribution is -0.144. The normalized spacial score (nSPS) is 13.8. The van der Waals surface area contributed by atoms with Crippen molar-refractivity contribution in [2.24, 2.45) is 0 Å². The summed E-state index contributed by atoms with van der Waals surface area (Å²) in [6.07, 6.45) is 2.11. The average Bonchev–Trinajstić information content (AvgIpc) is 3.72. The molecule has 1 unspecified atom stereocenters. The highest BCUT2D eigenvalue weighted by Crippen LogP contribution is 2.35. The predicted molar refractivity (Wildman–Crippen MR) is 166 cm³/mol. The van der Waals surface area contributed by atoms with Gasteiger partial charge in [0.2, 0.25) is 11.8 Å². The van der Waals surface area contributed by atoms with Gasteiger partial charge in [-0.05, 0) is 48.1 Å². The quantitative estimate of drug-likeness (QED) is 0.204. The summed E-state index contributed by atoms with van der Waals surface area (Å²) in [5.74, 6) is -2.41. The van der Waals surface area contributed by atoms with Crippen molar-refractivity contribution in [1.29, 1.82) is 0 Å². The van der Waals surface area contributed by atoms with Gasteiger partial charge in [0.1, 0.15) is 17.4 Å². The van der Waals surface area contributed by atoms with Crippen LogP contribution in [0, 0.1) is 5.82 Å². The van der Waals surface area contributed by atoms with E-state index in [0.717, 1.165) is 29.7 Å². The van der Waals surface area contributed by atoms with E-state index < -0.39 is 32.7 Å². The van der Waals surface area contributed by atoms with Crippen LogP contribution < -0.4 is 10.6 Å². The van der Waals surface area contributed by atoms with Crippen LogP contribution in [0.15, 0.2) is 66.7 Å². The summed E-state index contributed by atoms with van der Waals surface area (Å²) in [5.41, 5.74) is 2.70. The highest BCUT2D eigenvalue weighted by molar-refractivity contribution is 7.92. The minimum absolute atomic E-state index is 0.00876. The molecule has 0 bridgehead atoms. The van der Waals surface area contributed by atoms with Crippen molar-refractivity contribution in [3.05, 3.63) is 88.7 Å². The van der Waals surface area contributed by atoms with Gasteiger partial charge in [0.15, 0.2) is 15.1 Å². The van der Waals surface area contributed by atoms with Crippen molar-refractivity contribution < 1.29 is 31.9 Å². The highest BCUT2D eigenvalue weighted by Gasteiger charge is 2.37.